The van der Waals surface area contributed by atoms with Crippen LogP contribution in [0.3, 0.4) is 0 Å². The molecule has 7 heteroatoms. The van der Waals surface area contributed by atoms with Crippen molar-refractivity contribution in [3.63, 3.8) is 0 Å². The molecule has 3 heterocycles. The van der Waals surface area contributed by atoms with Crippen molar-refractivity contribution in [3.05, 3.63) is 21.3 Å². The van der Waals surface area contributed by atoms with E-state index in [4.69, 9.17) is 16.3 Å². The quantitative estimate of drug-likeness (QED) is 0.847. The van der Waals surface area contributed by atoms with Crippen molar-refractivity contribution in [2.75, 3.05) is 45.1 Å². The molecule has 3 rings (SSSR count). The molecule has 0 aliphatic carbocycles. The maximum atomic E-state index is 12.1. The second-order valence-corrected chi connectivity index (χ2v) is 7.66. The van der Waals surface area contributed by atoms with Gasteiger partial charge in [0.05, 0.1) is 23.3 Å². The summed E-state index contributed by atoms with van der Waals surface area (Å²) in [5.74, 6) is 0.807. The van der Waals surface area contributed by atoms with Gasteiger partial charge in [-0.05, 0) is 12.1 Å². The van der Waals surface area contributed by atoms with E-state index in [0.717, 1.165) is 43.7 Å². The van der Waals surface area contributed by atoms with Gasteiger partial charge in [0.25, 0.3) is 0 Å². The van der Waals surface area contributed by atoms with Crippen molar-refractivity contribution in [1.29, 1.82) is 0 Å². The Bertz CT molecular complexity index is 477. The Hall–Kier alpha value is -0.270. The summed E-state index contributed by atoms with van der Waals surface area (Å²) >= 11 is 9.27. The number of morpholine rings is 1. The summed E-state index contributed by atoms with van der Waals surface area (Å²) in [4.78, 5) is 17.6. The molecule has 20 heavy (non-hydrogen) atoms. The predicted octanol–water partition coefficient (Wildman–Crippen LogP) is 2.31. The third-order valence-electron chi connectivity index (χ3n) is 3.57. The number of carbonyl (C=O) groups excluding carboxylic acids is 1. The van der Waals surface area contributed by atoms with E-state index in [1.165, 1.54) is 4.88 Å². The van der Waals surface area contributed by atoms with Crippen LogP contribution in [0, 0.1) is 0 Å². The summed E-state index contributed by atoms with van der Waals surface area (Å²) in [6.45, 7) is 5.23. The topological polar surface area (TPSA) is 32.8 Å². The fourth-order valence-corrected chi connectivity index (χ4v) is 4.98. The highest BCUT2D eigenvalue weighted by atomic mass is 35.5. The zero-order valence-electron chi connectivity index (χ0n) is 11.1. The molecule has 2 saturated heterocycles. The zero-order chi connectivity index (χ0) is 13.9. The third-order valence-corrected chi connectivity index (χ3v) is 6.24. The maximum absolute atomic E-state index is 12.1. The van der Waals surface area contributed by atoms with E-state index in [0.29, 0.717) is 5.75 Å². The van der Waals surface area contributed by atoms with Gasteiger partial charge < -0.3 is 9.64 Å². The Morgan fingerprint density at radius 1 is 1.30 bits per heavy atom. The minimum atomic E-state index is 0.140. The summed E-state index contributed by atoms with van der Waals surface area (Å²) < 4.78 is 6.13. The van der Waals surface area contributed by atoms with Gasteiger partial charge in [-0.25, -0.2) is 0 Å². The van der Waals surface area contributed by atoms with Crippen LogP contribution in [0.25, 0.3) is 0 Å². The fourth-order valence-electron chi connectivity index (χ4n) is 2.47. The first-order chi connectivity index (χ1) is 9.74. The Kier molecular flexibility index (Phi) is 4.88. The van der Waals surface area contributed by atoms with E-state index in [9.17, 15) is 4.79 Å². The first kappa shape index (κ1) is 14.7. The Morgan fingerprint density at radius 3 is 2.80 bits per heavy atom. The van der Waals surface area contributed by atoms with Crippen LogP contribution in [-0.4, -0.2) is 60.9 Å². The van der Waals surface area contributed by atoms with Gasteiger partial charge in [0.1, 0.15) is 5.37 Å². The van der Waals surface area contributed by atoms with E-state index in [1.54, 1.807) is 23.1 Å². The van der Waals surface area contributed by atoms with E-state index in [-0.39, 0.29) is 11.3 Å². The molecule has 0 bridgehead atoms. The lowest BCUT2D eigenvalue weighted by atomic mass is 10.3. The summed E-state index contributed by atoms with van der Waals surface area (Å²) in [6.07, 6.45) is 0. The Balaban J connectivity index is 1.61. The van der Waals surface area contributed by atoms with E-state index >= 15 is 0 Å². The van der Waals surface area contributed by atoms with Gasteiger partial charge in [-0.2, -0.15) is 0 Å². The van der Waals surface area contributed by atoms with Crippen molar-refractivity contribution < 1.29 is 9.53 Å². The number of hydrogen-bond acceptors (Lipinski definition) is 5. The van der Waals surface area contributed by atoms with Crippen LogP contribution in [0.2, 0.25) is 4.34 Å². The molecule has 110 valence electrons. The van der Waals surface area contributed by atoms with E-state index in [1.807, 2.05) is 17.0 Å². The Morgan fingerprint density at radius 2 is 2.10 bits per heavy atom. The molecule has 0 radical (unpaired) electrons. The number of hydrogen-bond donors (Lipinski definition) is 0. The number of rotatable bonds is 4. The average Bonchev–Trinajstić information content (AvgIpc) is 3.04. The van der Waals surface area contributed by atoms with E-state index in [2.05, 4.69) is 4.90 Å². The van der Waals surface area contributed by atoms with Crippen LogP contribution in [-0.2, 0) is 9.53 Å². The molecule has 0 spiro atoms. The van der Waals surface area contributed by atoms with Crippen LogP contribution < -0.4 is 0 Å². The number of ether oxygens (including phenoxy) is 1. The summed E-state index contributed by atoms with van der Waals surface area (Å²) in [7, 11) is 0. The first-order valence-electron chi connectivity index (χ1n) is 6.70. The standard InChI is InChI=1S/C13H17ClN2O2S2/c14-11-2-1-10(20-11)13-16(12(17)9-19-13)4-3-15-5-7-18-8-6-15/h1-2,13H,3-9H2. The van der Waals surface area contributed by atoms with Crippen molar-refractivity contribution in [2.24, 2.45) is 0 Å². The number of halogens is 1. The van der Waals surface area contributed by atoms with Crippen LogP contribution in [0.4, 0.5) is 0 Å². The van der Waals surface area contributed by atoms with Crippen LogP contribution >= 0.6 is 34.7 Å². The largest absolute Gasteiger partial charge is 0.379 e. The highest BCUT2D eigenvalue weighted by Crippen LogP contribution is 2.42. The van der Waals surface area contributed by atoms with Gasteiger partial charge in [-0.15, -0.1) is 23.1 Å². The average molecular weight is 333 g/mol. The summed E-state index contributed by atoms with van der Waals surface area (Å²) in [5, 5.41) is 0.140. The second-order valence-electron chi connectivity index (χ2n) is 4.85. The minimum absolute atomic E-state index is 0.140. The lowest BCUT2D eigenvalue weighted by molar-refractivity contribution is -0.128. The van der Waals surface area contributed by atoms with Crippen LogP contribution in [0.1, 0.15) is 10.3 Å². The fraction of sp³-hybridized carbons (Fsp3) is 0.615. The maximum Gasteiger partial charge on any atom is 0.233 e. The third kappa shape index (κ3) is 3.31. The zero-order valence-corrected chi connectivity index (χ0v) is 13.5. The molecule has 0 aromatic carbocycles. The predicted molar refractivity (Wildman–Crippen MR) is 83.5 cm³/mol. The number of nitrogens with zero attached hydrogens (tertiary/aromatic N) is 2. The molecule has 0 N–H and O–H groups in total. The molecule has 0 saturated carbocycles. The minimum Gasteiger partial charge on any atom is -0.379 e. The summed E-state index contributed by atoms with van der Waals surface area (Å²) in [5.41, 5.74) is 0. The lowest BCUT2D eigenvalue weighted by Gasteiger charge is -2.30. The molecular weight excluding hydrogens is 316 g/mol. The number of thioether (sulfide) groups is 1. The van der Waals surface area contributed by atoms with Gasteiger partial charge in [0.15, 0.2) is 0 Å². The molecule has 1 aromatic rings. The SMILES string of the molecule is O=C1CSC(c2ccc(Cl)s2)N1CCN1CCOCC1. The molecule has 1 unspecified atom stereocenters. The van der Waals surface area contributed by atoms with Gasteiger partial charge >= 0.3 is 0 Å². The molecule has 2 aliphatic rings. The number of thiophene rings is 1. The van der Waals surface area contributed by atoms with Gasteiger partial charge in [-0.1, -0.05) is 11.6 Å². The first-order valence-corrected chi connectivity index (χ1v) is 8.95. The highest BCUT2D eigenvalue weighted by molar-refractivity contribution is 8.00. The number of amides is 1. The van der Waals surface area contributed by atoms with Crippen LogP contribution in [0.5, 0.6) is 0 Å². The molecule has 4 nitrogen and oxygen atoms in total. The smallest absolute Gasteiger partial charge is 0.233 e. The molecule has 2 aliphatic heterocycles. The monoisotopic (exact) mass is 332 g/mol. The van der Waals surface area contributed by atoms with Gasteiger partial charge in [0.2, 0.25) is 5.91 Å². The molecule has 1 atom stereocenters. The lowest BCUT2D eigenvalue weighted by Crippen LogP contribution is -2.42. The number of carbonyl (C=O) groups is 1. The molecular formula is C13H17ClN2O2S2. The van der Waals surface area contributed by atoms with Gasteiger partial charge in [0, 0.05) is 31.1 Å². The van der Waals surface area contributed by atoms with Crippen molar-refractivity contribution >= 4 is 40.6 Å². The van der Waals surface area contributed by atoms with Crippen molar-refractivity contribution in [1.82, 2.24) is 9.80 Å². The Labute approximate surface area is 132 Å². The van der Waals surface area contributed by atoms with Gasteiger partial charge in [-0.3, -0.25) is 9.69 Å². The molecule has 1 aromatic heterocycles. The van der Waals surface area contributed by atoms with E-state index < -0.39 is 0 Å². The highest BCUT2D eigenvalue weighted by Gasteiger charge is 2.33. The molecule has 2 fully saturated rings. The normalized spacial score (nSPS) is 24.6. The molecule has 1 amide bonds. The van der Waals surface area contributed by atoms with Crippen molar-refractivity contribution in [2.45, 2.75) is 5.37 Å². The van der Waals surface area contributed by atoms with Crippen molar-refractivity contribution in [3.8, 4) is 0 Å². The van der Waals surface area contributed by atoms with Crippen LogP contribution in [0.15, 0.2) is 12.1 Å². The summed E-state index contributed by atoms with van der Waals surface area (Å²) in [6, 6.07) is 3.94. The second kappa shape index (κ2) is 6.66.